The Bertz CT molecular complexity index is 404. The molecule has 90 valence electrons. The Morgan fingerprint density at radius 2 is 2.00 bits per heavy atom. The molecule has 0 radical (unpaired) electrons. The number of rotatable bonds is 2. The van der Waals surface area contributed by atoms with E-state index >= 15 is 0 Å². The molecule has 0 spiro atoms. The number of carbonyl (C=O) groups excluding carboxylic acids is 1. The van der Waals surface area contributed by atoms with E-state index in [1.54, 1.807) is 0 Å². The number of hydrogen-bond donors (Lipinski definition) is 0. The molecule has 1 saturated heterocycles. The molecule has 3 atom stereocenters. The van der Waals surface area contributed by atoms with Crippen LogP contribution in [0.5, 0.6) is 0 Å². The van der Waals surface area contributed by atoms with Crippen molar-refractivity contribution in [3.63, 3.8) is 0 Å². The van der Waals surface area contributed by atoms with Gasteiger partial charge >= 0.3 is 108 Å². The molecule has 1 aromatic rings. The van der Waals surface area contributed by atoms with Gasteiger partial charge in [-0.05, 0) is 0 Å². The van der Waals surface area contributed by atoms with E-state index in [1.165, 1.54) is 23.7 Å². The molecule has 1 aliphatic heterocycles. The van der Waals surface area contributed by atoms with Crippen molar-refractivity contribution in [2.24, 2.45) is 11.8 Å². The molecule has 1 saturated carbocycles. The first-order valence-electron chi connectivity index (χ1n) is 6.23. The van der Waals surface area contributed by atoms with Crippen LogP contribution in [0.4, 0.5) is 0 Å². The number of benzene rings is 1. The van der Waals surface area contributed by atoms with Crippen LogP contribution in [0.1, 0.15) is 19.3 Å². The average Bonchev–Trinajstić information content (AvgIpc) is 2.74. The summed E-state index contributed by atoms with van der Waals surface area (Å²) in [6.45, 7) is 0.671. The molecular formula is C14H16O2Se. The molecule has 3 heteroatoms. The van der Waals surface area contributed by atoms with Crippen molar-refractivity contribution in [1.29, 1.82) is 0 Å². The SMILES string of the molecule is O=C1OC[C@H]2CCC[C@H]([Se]c3ccccc3)[C@@H]12. The van der Waals surface area contributed by atoms with E-state index in [-0.39, 0.29) is 11.9 Å². The third-order valence-corrected chi connectivity index (χ3v) is 6.60. The number of carbonyl (C=O) groups is 1. The van der Waals surface area contributed by atoms with Gasteiger partial charge in [-0.3, -0.25) is 0 Å². The summed E-state index contributed by atoms with van der Waals surface area (Å²) in [5.41, 5.74) is 0. The van der Waals surface area contributed by atoms with Gasteiger partial charge in [0.25, 0.3) is 0 Å². The molecule has 1 aliphatic carbocycles. The molecule has 1 aromatic carbocycles. The van der Waals surface area contributed by atoms with Gasteiger partial charge in [0, 0.05) is 0 Å². The second kappa shape index (κ2) is 4.83. The van der Waals surface area contributed by atoms with Gasteiger partial charge in [0.2, 0.25) is 0 Å². The van der Waals surface area contributed by atoms with Gasteiger partial charge in [0.1, 0.15) is 0 Å². The Kier molecular flexibility index (Phi) is 3.21. The number of hydrogen-bond acceptors (Lipinski definition) is 2. The minimum atomic E-state index is 0.0671. The van der Waals surface area contributed by atoms with Crippen molar-refractivity contribution in [1.82, 2.24) is 0 Å². The summed E-state index contributed by atoms with van der Waals surface area (Å²) in [7, 11) is 0. The summed E-state index contributed by atoms with van der Waals surface area (Å²) < 4.78 is 6.65. The first-order valence-corrected chi connectivity index (χ1v) is 8.07. The summed E-state index contributed by atoms with van der Waals surface area (Å²) in [4.78, 5) is 12.4. The van der Waals surface area contributed by atoms with Gasteiger partial charge in [-0.2, -0.15) is 0 Å². The third kappa shape index (κ3) is 2.27. The number of fused-ring (bicyclic) bond motifs is 1. The van der Waals surface area contributed by atoms with Crippen molar-refractivity contribution in [3.05, 3.63) is 30.3 Å². The quantitative estimate of drug-likeness (QED) is 0.614. The molecule has 2 aliphatic rings. The van der Waals surface area contributed by atoms with Crippen LogP contribution in [0.15, 0.2) is 30.3 Å². The fraction of sp³-hybridized carbons (Fsp3) is 0.500. The second-order valence-electron chi connectivity index (χ2n) is 4.82. The van der Waals surface area contributed by atoms with Crippen LogP contribution in [0.3, 0.4) is 0 Å². The molecule has 0 N–H and O–H groups in total. The van der Waals surface area contributed by atoms with Gasteiger partial charge in [-0.1, -0.05) is 0 Å². The van der Waals surface area contributed by atoms with Crippen LogP contribution in [-0.2, 0) is 9.53 Å². The molecule has 0 aromatic heterocycles. The Labute approximate surface area is 108 Å². The fourth-order valence-corrected chi connectivity index (χ4v) is 5.86. The van der Waals surface area contributed by atoms with Gasteiger partial charge in [0.05, 0.1) is 0 Å². The predicted molar refractivity (Wildman–Crippen MR) is 67.4 cm³/mol. The zero-order valence-corrected chi connectivity index (χ0v) is 11.4. The summed E-state index contributed by atoms with van der Waals surface area (Å²) >= 11 is 0.411. The summed E-state index contributed by atoms with van der Waals surface area (Å²) in [6, 6.07) is 10.6. The van der Waals surface area contributed by atoms with Gasteiger partial charge in [0.15, 0.2) is 0 Å². The Hall–Kier alpha value is -0.791. The summed E-state index contributed by atoms with van der Waals surface area (Å²) in [5, 5.41) is 0. The van der Waals surface area contributed by atoms with Crippen LogP contribution in [0.25, 0.3) is 0 Å². The van der Waals surface area contributed by atoms with Gasteiger partial charge < -0.3 is 0 Å². The maximum absolute atomic E-state index is 11.8. The zero-order chi connectivity index (χ0) is 11.7. The van der Waals surface area contributed by atoms with E-state index in [4.69, 9.17) is 4.74 Å². The molecule has 0 unspecified atom stereocenters. The normalized spacial score (nSPS) is 32.0. The molecular weight excluding hydrogens is 279 g/mol. The standard InChI is InChI=1S/C14H16O2Se/c15-14-13-10(9-16-14)5-4-8-12(13)17-11-6-2-1-3-7-11/h1-3,6-7,10,12-13H,4-5,8-9H2/t10-,12+,13+/m1/s1. The molecule has 2 fully saturated rings. The summed E-state index contributed by atoms with van der Waals surface area (Å²) in [6.07, 6.45) is 3.64. The van der Waals surface area contributed by atoms with E-state index in [0.29, 0.717) is 32.3 Å². The second-order valence-corrected chi connectivity index (χ2v) is 7.57. The third-order valence-electron chi connectivity index (χ3n) is 3.71. The van der Waals surface area contributed by atoms with Crippen molar-refractivity contribution >= 4 is 25.4 Å². The Morgan fingerprint density at radius 3 is 2.82 bits per heavy atom. The van der Waals surface area contributed by atoms with E-state index in [9.17, 15) is 4.79 Å². The molecule has 3 rings (SSSR count). The van der Waals surface area contributed by atoms with Crippen LogP contribution in [0, 0.1) is 11.8 Å². The predicted octanol–water partition coefficient (Wildman–Crippen LogP) is 1.78. The van der Waals surface area contributed by atoms with Crippen molar-refractivity contribution in [3.8, 4) is 0 Å². The van der Waals surface area contributed by atoms with E-state index in [0.717, 1.165) is 0 Å². The van der Waals surface area contributed by atoms with Crippen molar-refractivity contribution in [2.45, 2.75) is 24.1 Å². The van der Waals surface area contributed by atoms with Gasteiger partial charge in [-0.25, -0.2) is 0 Å². The van der Waals surface area contributed by atoms with Crippen LogP contribution in [-0.4, -0.2) is 27.5 Å². The zero-order valence-electron chi connectivity index (χ0n) is 9.67. The van der Waals surface area contributed by atoms with E-state index < -0.39 is 0 Å². The minimum absolute atomic E-state index is 0.0671. The molecule has 1 heterocycles. The van der Waals surface area contributed by atoms with Gasteiger partial charge in [-0.15, -0.1) is 0 Å². The topological polar surface area (TPSA) is 26.3 Å². The number of cyclic esters (lactones) is 1. The van der Waals surface area contributed by atoms with Crippen molar-refractivity contribution < 1.29 is 9.53 Å². The first kappa shape index (κ1) is 11.3. The fourth-order valence-electron chi connectivity index (χ4n) is 2.87. The van der Waals surface area contributed by atoms with Crippen LogP contribution in [0.2, 0.25) is 4.82 Å². The monoisotopic (exact) mass is 296 g/mol. The van der Waals surface area contributed by atoms with Crippen LogP contribution < -0.4 is 4.46 Å². The Morgan fingerprint density at radius 1 is 1.18 bits per heavy atom. The molecule has 0 bridgehead atoms. The molecule has 0 amide bonds. The summed E-state index contributed by atoms with van der Waals surface area (Å²) in [5.74, 6) is 0.772. The Balaban J connectivity index is 1.76. The number of esters is 1. The average molecular weight is 295 g/mol. The maximum atomic E-state index is 11.8. The first-order chi connectivity index (χ1) is 8.34. The molecule has 2 nitrogen and oxygen atoms in total. The van der Waals surface area contributed by atoms with Crippen molar-refractivity contribution in [2.75, 3.05) is 6.61 Å². The van der Waals surface area contributed by atoms with E-state index in [1.807, 2.05) is 6.07 Å². The number of ether oxygens (including phenoxy) is 1. The van der Waals surface area contributed by atoms with E-state index in [2.05, 4.69) is 24.3 Å². The van der Waals surface area contributed by atoms with Crippen LogP contribution >= 0.6 is 0 Å². The molecule has 17 heavy (non-hydrogen) atoms.